The summed E-state index contributed by atoms with van der Waals surface area (Å²) >= 11 is 0. The number of benzene rings is 1. The van der Waals surface area contributed by atoms with Gasteiger partial charge in [-0.25, -0.2) is 9.36 Å². The van der Waals surface area contributed by atoms with Crippen molar-refractivity contribution in [2.75, 3.05) is 69.8 Å². The van der Waals surface area contributed by atoms with Gasteiger partial charge < -0.3 is 83.5 Å². The van der Waals surface area contributed by atoms with E-state index >= 15 is 0 Å². The first kappa shape index (κ1) is 96.9. The fraction of sp³-hybridized carbons (Fsp3) is 0.724. The Hall–Kier alpha value is -8.22. The van der Waals surface area contributed by atoms with Crippen LogP contribution in [0, 0.1) is 11.3 Å². The number of carboxylic acid groups (broad SMARTS) is 1. The number of amides is 7. The van der Waals surface area contributed by atoms with Crippen LogP contribution in [-0.4, -0.2) is 165 Å². The third-order valence-electron chi connectivity index (χ3n) is 18.0. The second kappa shape index (κ2) is 59.6. The lowest BCUT2D eigenvalue weighted by molar-refractivity contribution is -0.161. The molecule has 0 aromatic heterocycles. The lowest BCUT2D eigenvalue weighted by Gasteiger charge is -2.27. The van der Waals surface area contributed by atoms with E-state index in [9.17, 15) is 67.0 Å². The average molecular weight is 1560 g/mol. The first-order chi connectivity index (χ1) is 52.3. The number of primary amides is 1. The number of phosphoric acid groups is 1. The lowest BCUT2D eigenvalue weighted by atomic mass is 10.00. The monoisotopic (exact) mass is 1560 g/mol. The Morgan fingerprint density at radius 2 is 1.00 bits per heavy atom. The van der Waals surface area contributed by atoms with E-state index < -0.39 is 154 Å². The van der Waals surface area contributed by atoms with Gasteiger partial charge in [0, 0.05) is 38.9 Å². The second-order valence-corrected chi connectivity index (χ2v) is 29.4. The average Bonchev–Trinajstić information content (AvgIpc) is 0.784. The Morgan fingerprint density at radius 1 is 0.505 bits per heavy atom. The van der Waals surface area contributed by atoms with Crippen LogP contribution in [0.3, 0.4) is 0 Å². The lowest BCUT2D eigenvalue weighted by Crippen LogP contribution is -2.59. The summed E-state index contributed by atoms with van der Waals surface area (Å²) in [6.45, 7) is 3.82. The molecule has 32 nitrogen and oxygen atoms in total. The number of nitrogens with two attached hydrogens (primary N) is 2. The molecule has 0 fully saturated rings. The molecule has 33 heteroatoms. The summed E-state index contributed by atoms with van der Waals surface area (Å²) in [5.74, 6) is -9.03. The molecule has 2 unspecified atom stereocenters. The number of nitrogens with one attached hydrogen (secondary N) is 10. The van der Waals surface area contributed by atoms with Gasteiger partial charge in [0.1, 0.15) is 48.8 Å². The molecule has 0 radical (unpaired) electrons. The molecule has 16 N–H and O–H groups in total. The Bertz CT molecular complexity index is 3120. The number of carbonyl (C=O) groups is 10. The van der Waals surface area contributed by atoms with Crippen molar-refractivity contribution >= 4 is 84.6 Å². The number of hydrogen-bond donors (Lipinski definition) is 14. The van der Waals surface area contributed by atoms with E-state index in [-0.39, 0.29) is 75.7 Å². The van der Waals surface area contributed by atoms with Crippen LogP contribution in [0.5, 0.6) is 0 Å². The van der Waals surface area contributed by atoms with Crippen molar-refractivity contribution in [2.24, 2.45) is 17.4 Å². The number of esters is 2. The topological polar surface area (TPSA) is 493 Å². The summed E-state index contributed by atoms with van der Waals surface area (Å²) in [5, 5.41) is 38.9. The van der Waals surface area contributed by atoms with Gasteiger partial charge in [-0.3, -0.25) is 67.2 Å². The van der Waals surface area contributed by atoms with Crippen molar-refractivity contribution in [1.82, 2.24) is 37.2 Å². The molecule has 0 aliphatic heterocycles. The summed E-state index contributed by atoms with van der Waals surface area (Å²) in [6.07, 6.45) is 32.3. The van der Waals surface area contributed by atoms with Crippen molar-refractivity contribution in [2.45, 2.75) is 289 Å². The Labute approximate surface area is 643 Å². The predicted octanol–water partition coefficient (Wildman–Crippen LogP) is 8.12. The van der Waals surface area contributed by atoms with Crippen molar-refractivity contribution in [1.29, 1.82) is 5.41 Å². The molecule has 2 aromatic rings. The zero-order valence-electron chi connectivity index (χ0n) is 65.0. The summed E-state index contributed by atoms with van der Waals surface area (Å²) in [4.78, 5) is 165. The quantitative estimate of drug-likeness (QED) is 0.00565. The molecular formula is C76H129N12O20P. The number of unbranched alkanes of at least 4 members (excludes halogenated alkanes) is 28. The summed E-state index contributed by atoms with van der Waals surface area (Å²) in [6, 6.07) is 2.83. The first-order valence-corrected chi connectivity index (χ1v) is 41.0. The summed E-state index contributed by atoms with van der Waals surface area (Å²) < 4.78 is 39.4. The van der Waals surface area contributed by atoms with Crippen molar-refractivity contribution in [3.63, 3.8) is 0 Å². The van der Waals surface area contributed by atoms with Crippen LogP contribution in [0.15, 0.2) is 39.9 Å². The second-order valence-electron chi connectivity index (χ2n) is 28.0. The molecular weight excluding hydrogens is 1430 g/mol. The number of carboxylic acids is 1. The first-order valence-electron chi connectivity index (χ1n) is 39.6. The smallest absolute Gasteiger partial charge is 0.472 e. The summed E-state index contributed by atoms with van der Waals surface area (Å²) in [5.41, 5.74) is 8.73. The molecule has 0 saturated heterocycles. The van der Waals surface area contributed by atoms with Crippen molar-refractivity contribution < 1.29 is 85.8 Å². The maximum Gasteiger partial charge on any atom is 0.472 e. The van der Waals surface area contributed by atoms with Gasteiger partial charge in [-0.1, -0.05) is 238 Å². The number of phosphoric ester groups is 1. The van der Waals surface area contributed by atoms with E-state index in [1.54, 1.807) is 44.2 Å². The zero-order valence-corrected chi connectivity index (χ0v) is 65.9. The largest absolute Gasteiger partial charge is 0.481 e. The summed E-state index contributed by atoms with van der Waals surface area (Å²) in [7, 11) is -4.83. The van der Waals surface area contributed by atoms with Crippen LogP contribution < -0.4 is 70.2 Å². The highest BCUT2D eigenvalue weighted by atomic mass is 31.2. The van der Waals surface area contributed by atoms with Crippen molar-refractivity contribution in [3.05, 3.63) is 56.3 Å². The minimum absolute atomic E-state index is 0.0872. The number of hydrogen-bond acceptors (Lipinski definition) is 21. The van der Waals surface area contributed by atoms with E-state index in [0.717, 1.165) is 51.4 Å². The standard InChI is InChI=1S/C76H129N12O20P/c1-5-7-9-11-13-15-17-19-21-23-25-27-29-31-36-42-64(93)105-53-57(108-65(94)43-37-32-30-28-26-24-22-20-18-16-14-12-10-8-6-2)54-107-109(102,103)106-48-46-82-76(101)104-47-45-80-67-68(70(96)69(67)95)83-51-61(89)86-60(49-56-39-34-33-35-40-56)73(99)88-66(55(3)4)74(100)87-58(41-38-44-81-75(78)79)72(98)84-52-62(90)85-59(71(77)97)50-63(91)92/h33-35,39-40,55,57-60,66,80,83H,5-32,36-38,41-54H2,1-4H3,(H2,77,97)(H,82,101)(H,84,98)(H,85,90)(H,86,89)(H,87,100)(H,88,99)(H,91,92)(H,102,103)(H4,78,79,81)/t57?,58-,59-,60+,66-/m0/s1. The Kier molecular flexibility index (Phi) is 53.0. The number of aliphatic carboxylic acids is 1. The fourth-order valence-corrected chi connectivity index (χ4v) is 12.5. The van der Waals surface area contributed by atoms with E-state index in [1.807, 2.05) is 0 Å². The number of guanidine groups is 1. The molecule has 618 valence electrons. The highest BCUT2D eigenvalue weighted by Gasteiger charge is 2.33. The van der Waals surface area contributed by atoms with Crippen LogP contribution >= 0.6 is 7.82 Å². The molecule has 109 heavy (non-hydrogen) atoms. The third-order valence-corrected chi connectivity index (χ3v) is 19.0. The maximum atomic E-state index is 14.1. The molecule has 0 bridgehead atoms. The molecule has 0 heterocycles. The van der Waals surface area contributed by atoms with Gasteiger partial charge in [-0.2, -0.15) is 0 Å². The van der Waals surface area contributed by atoms with E-state index in [4.69, 9.17) is 45.2 Å². The van der Waals surface area contributed by atoms with Gasteiger partial charge in [0.05, 0.1) is 32.7 Å². The van der Waals surface area contributed by atoms with Crippen LogP contribution in [0.2, 0.25) is 0 Å². The molecule has 0 saturated carbocycles. The number of rotatable bonds is 68. The minimum Gasteiger partial charge on any atom is -0.481 e. The number of alkyl carbamates (subject to hydrolysis) is 1. The highest BCUT2D eigenvalue weighted by molar-refractivity contribution is 7.47. The number of carbonyl (C=O) groups excluding carboxylic acids is 9. The van der Waals surface area contributed by atoms with Gasteiger partial charge >= 0.3 is 31.8 Å². The Morgan fingerprint density at radius 3 is 1.50 bits per heavy atom. The van der Waals surface area contributed by atoms with E-state index in [2.05, 4.69) is 61.7 Å². The zero-order chi connectivity index (χ0) is 80.5. The molecule has 0 aliphatic carbocycles. The third kappa shape index (κ3) is 48.1. The van der Waals surface area contributed by atoms with E-state index in [1.165, 1.54) is 128 Å². The predicted molar refractivity (Wildman–Crippen MR) is 416 cm³/mol. The van der Waals surface area contributed by atoms with Crippen LogP contribution in [0.4, 0.5) is 16.2 Å². The van der Waals surface area contributed by atoms with E-state index in [0.29, 0.717) is 18.4 Å². The number of anilines is 2. The van der Waals surface area contributed by atoms with Gasteiger partial charge in [0.15, 0.2) is 12.1 Å². The van der Waals surface area contributed by atoms with Crippen LogP contribution in [0.25, 0.3) is 0 Å². The number of ether oxygens (including phenoxy) is 3. The Balaban J connectivity index is 1.94. The SMILES string of the molecule is CCCCCCCCCCCCCCCCCC(=O)OCC(COP(=O)(O)OCCNC(=O)OCCNc1c(NCC(=O)N[C@H](Cc2ccccc2)C(=O)N[C@H](C(=O)N[C@@H](CCCNC(=N)N)C(=O)NCC(=O)N[C@@H](CC(=O)O)C(N)=O)C(C)C)c(=O)c1=O)OC(=O)CCCCCCCCCCCCCCCCC. The molecule has 2 rings (SSSR count). The van der Waals surface area contributed by atoms with Crippen LogP contribution in [-0.2, 0) is 77.4 Å². The molecule has 2 aromatic carbocycles. The van der Waals surface area contributed by atoms with Gasteiger partial charge in [0.25, 0.3) is 10.9 Å². The molecule has 0 aliphatic rings. The fourth-order valence-electron chi connectivity index (χ4n) is 11.8. The van der Waals surface area contributed by atoms with Gasteiger partial charge in [-0.05, 0) is 37.2 Å². The molecule has 7 amide bonds. The highest BCUT2D eigenvalue weighted by Crippen LogP contribution is 2.43. The van der Waals surface area contributed by atoms with Gasteiger partial charge in [0.2, 0.25) is 35.4 Å². The van der Waals surface area contributed by atoms with Crippen LogP contribution in [0.1, 0.15) is 258 Å². The molecule has 0 spiro atoms. The minimum atomic E-state index is -4.83. The van der Waals surface area contributed by atoms with Gasteiger partial charge in [-0.15, -0.1) is 0 Å². The maximum absolute atomic E-state index is 14.1. The normalized spacial score (nSPS) is 13.1. The molecule has 6 atom stereocenters. The van der Waals surface area contributed by atoms with Crippen molar-refractivity contribution in [3.8, 4) is 0 Å².